The number of ether oxygens (including phenoxy) is 1. The summed E-state index contributed by atoms with van der Waals surface area (Å²) in [5, 5.41) is 7.18. The lowest BCUT2D eigenvalue weighted by atomic mass is 9.97. The van der Waals surface area contributed by atoms with Gasteiger partial charge in [0.1, 0.15) is 5.60 Å². The van der Waals surface area contributed by atoms with Crippen LogP contribution >= 0.6 is 0 Å². The predicted molar refractivity (Wildman–Crippen MR) is 101 cm³/mol. The van der Waals surface area contributed by atoms with Crippen molar-refractivity contribution >= 4 is 11.8 Å². The number of carbonyl (C=O) groups excluding carboxylic acids is 1. The van der Waals surface area contributed by atoms with Gasteiger partial charge < -0.3 is 20.3 Å². The summed E-state index contributed by atoms with van der Waals surface area (Å²) in [4.78, 5) is 14.2. The molecule has 1 aromatic rings. The van der Waals surface area contributed by atoms with Gasteiger partial charge in [0.15, 0.2) is 0 Å². The highest BCUT2D eigenvalue weighted by Crippen LogP contribution is 2.27. The van der Waals surface area contributed by atoms with Crippen LogP contribution in [0.15, 0.2) is 18.2 Å². The van der Waals surface area contributed by atoms with Gasteiger partial charge in [-0.15, -0.1) is 0 Å². The molecule has 0 spiro atoms. The van der Waals surface area contributed by atoms with Crippen LogP contribution in [0.3, 0.4) is 0 Å². The fourth-order valence-electron chi connectivity index (χ4n) is 3.56. The molecule has 1 saturated heterocycles. The molecule has 1 atom stereocenters. The molecule has 2 N–H and O–H groups in total. The molecule has 2 heterocycles. The van der Waals surface area contributed by atoms with E-state index < -0.39 is 5.60 Å². The molecule has 3 rings (SSSR count). The van der Waals surface area contributed by atoms with Crippen LogP contribution in [-0.4, -0.2) is 42.3 Å². The van der Waals surface area contributed by atoms with Gasteiger partial charge in [-0.1, -0.05) is 18.6 Å². The van der Waals surface area contributed by atoms with Crippen molar-refractivity contribution in [2.45, 2.75) is 64.6 Å². The van der Waals surface area contributed by atoms with Gasteiger partial charge in [-0.2, -0.15) is 0 Å². The molecule has 1 fully saturated rings. The van der Waals surface area contributed by atoms with Gasteiger partial charge in [0.05, 0.1) is 6.54 Å². The van der Waals surface area contributed by atoms with Crippen LogP contribution in [0.5, 0.6) is 0 Å². The lowest BCUT2D eigenvalue weighted by Crippen LogP contribution is -2.41. The maximum atomic E-state index is 12.4. The molecular weight excluding hydrogens is 314 g/mol. The van der Waals surface area contributed by atoms with E-state index in [0.717, 1.165) is 31.7 Å². The second kappa shape index (κ2) is 7.65. The molecule has 0 aliphatic carbocycles. The van der Waals surface area contributed by atoms with Gasteiger partial charge >= 0.3 is 6.09 Å². The topological polar surface area (TPSA) is 53.6 Å². The molecule has 0 bridgehead atoms. The second-order valence-corrected chi connectivity index (χ2v) is 8.12. The number of amides is 1. The fourth-order valence-corrected chi connectivity index (χ4v) is 3.56. The second-order valence-electron chi connectivity index (χ2n) is 8.12. The Kier molecular flexibility index (Phi) is 5.52. The first-order chi connectivity index (χ1) is 11.9. The summed E-state index contributed by atoms with van der Waals surface area (Å²) in [6.45, 7) is 9.11. The SMILES string of the molecule is CC(C)(C)OC(=O)N1CCc2cccc(NCC3CCCCN3)c2C1. The molecule has 0 radical (unpaired) electrons. The molecule has 1 unspecified atom stereocenters. The number of carbonyl (C=O) groups is 1. The highest BCUT2D eigenvalue weighted by molar-refractivity contribution is 5.69. The third-order valence-corrected chi connectivity index (χ3v) is 4.88. The first kappa shape index (κ1) is 18.1. The molecule has 138 valence electrons. The molecule has 0 saturated carbocycles. The normalized spacial score (nSPS) is 20.8. The van der Waals surface area contributed by atoms with Crippen LogP contribution in [0.2, 0.25) is 0 Å². The van der Waals surface area contributed by atoms with Crippen molar-refractivity contribution in [3.05, 3.63) is 29.3 Å². The molecular formula is C20H31N3O2. The maximum Gasteiger partial charge on any atom is 0.410 e. The Morgan fingerprint density at radius 2 is 2.20 bits per heavy atom. The monoisotopic (exact) mass is 345 g/mol. The quantitative estimate of drug-likeness (QED) is 0.880. The van der Waals surface area contributed by atoms with Gasteiger partial charge in [0.25, 0.3) is 0 Å². The zero-order valence-electron chi connectivity index (χ0n) is 15.7. The minimum absolute atomic E-state index is 0.220. The third-order valence-electron chi connectivity index (χ3n) is 4.88. The van der Waals surface area contributed by atoms with E-state index in [9.17, 15) is 4.79 Å². The molecule has 5 nitrogen and oxygen atoms in total. The van der Waals surface area contributed by atoms with Crippen LogP contribution in [0.1, 0.15) is 51.2 Å². The first-order valence-corrected chi connectivity index (χ1v) is 9.48. The largest absolute Gasteiger partial charge is 0.444 e. The number of hydrogen-bond acceptors (Lipinski definition) is 4. The van der Waals surface area contributed by atoms with E-state index in [1.165, 1.54) is 30.4 Å². The predicted octanol–water partition coefficient (Wildman–Crippen LogP) is 3.53. The van der Waals surface area contributed by atoms with Crippen molar-refractivity contribution in [3.8, 4) is 0 Å². The average Bonchev–Trinajstić information content (AvgIpc) is 2.59. The summed E-state index contributed by atoms with van der Waals surface area (Å²) in [5.74, 6) is 0. The summed E-state index contributed by atoms with van der Waals surface area (Å²) < 4.78 is 5.54. The number of anilines is 1. The zero-order valence-corrected chi connectivity index (χ0v) is 15.7. The summed E-state index contributed by atoms with van der Waals surface area (Å²) in [6, 6.07) is 6.94. The van der Waals surface area contributed by atoms with Crippen molar-refractivity contribution in [3.63, 3.8) is 0 Å². The van der Waals surface area contributed by atoms with Crippen molar-refractivity contribution in [2.24, 2.45) is 0 Å². The van der Waals surface area contributed by atoms with Gasteiger partial charge in [-0.25, -0.2) is 4.79 Å². The number of rotatable bonds is 3. The van der Waals surface area contributed by atoms with Gasteiger partial charge in [0.2, 0.25) is 0 Å². The zero-order chi connectivity index (χ0) is 17.9. The average molecular weight is 345 g/mol. The third kappa shape index (κ3) is 4.88. The van der Waals surface area contributed by atoms with E-state index in [4.69, 9.17) is 4.74 Å². The standard InChI is InChI=1S/C20H31N3O2/c1-20(2,3)25-19(24)23-12-10-15-7-6-9-18(17(15)14-23)22-13-16-8-4-5-11-21-16/h6-7,9,16,21-22H,4-5,8,10-14H2,1-3H3. The van der Waals surface area contributed by atoms with Gasteiger partial charge in [-0.3, -0.25) is 0 Å². The number of benzene rings is 1. The Labute approximate surface area is 151 Å². The van der Waals surface area contributed by atoms with Crippen molar-refractivity contribution in [1.29, 1.82) is 0 Å². The molecule has 1 aromatic carbocycles. The Balaban J connectivity index is 1.66. The van der Waals surface area contributed by atoms with Crippen molar-refractivity contribution in [2.75, 3.05) is 25.0 Å². The molecule has 2 aliphatic heterocycles. The van der Waals surface area contributed by atoms with E-state index in [-0.39, 0.29) is 6.09 Å². The highest BCUT2D eigenvalue weighted by atomic mass is 16.6. The molecule has 1 amide bonds. The summed E-state index contributed by atoms with van der Waals surface area (Å²) in [7, 11) is 0. The Morgan fingerprint density at radius 3 is 2.92 bits per heavy atom. The molecule has 0 aromatic heterocycles. The number of nitrogens with zero attached hydrogens (tertiary/aromatic N) is 1. The lowest BCUT2D eigenvalue weighted by Gasteiger charge is -2.32. The van der Waals surface area contributed by atoms with Crippen LogP contribution < -0.4 is 10.6 Å². The van der Waals surface area contributed by atoms with E-state index in [1.54, 1.807) is 0 Å². The van der Waals surface area contributed by atoms with Crippen LogP contribution in [0, 0.1) is 0 Å². The smallest absolute Gasteiger partial charge is 0.410 e. The first-order valence-electron chi connectivity index (χ1n) is 9.48. The summed E-state index contributed by atoms with van der Waals surface area (Å²) in [5.41, 5.74) is 3.26. The number of hydrogen-bond donors (Lipinski definition) is 2. The minimum Gasteiger partial charge on any atom is -0.444 e. The fraction of sp³-hybridized carbons (Fsp3) is 0.650. The number of piperidine rings is 1. The van der Waals surface area contributed by atoms with E-state index >= 15 is 0 Å². The Bertz CT molecular complexity index is 603. The van der Waals surface area contributed by atoms with E-state index in [0.29, 0.717) is 12.6 Å². The molecule has 25 heavy (non-hydrogen) atoms. The van der Waals surface area contributed by atoms with E-state index in [1.807, 2.05) is 25.7 Å². The number of nitrogens with one attached hydrogen (secondary N) is 2. The van der Waals surface area contributed by atoms with Crippen LogP contribution in [-0.2, 0) is 17.7 Å². The highest BCUT2D eigenvalue weighted by Gasteiger charge is 2.27. The Morgan fingerprint density at radius 1 is 1.36 bits per heavy atom. The maximum absolute atomic E-state index is 12.4. The molecule has 5 heteroatoms. The van der Waals surface area contributed by atoms with Crippen molar-refractivity contribution in [1.82, 2.24) is 10.2 Å². The minimum atomic E-state index is -0.457. The lowest BCUT2D eigenvalue weighted by molar-refractivity contribution is 0.0224. The van der Waals surface area contributed by atoms with Gasteiger partial charge in [-0.05, 0) is 63.8 Å². The van der Waals surface area contributed by atoms with E-state index in [2.05, 4.69) is 28.8 Å². The molecule has 2 aliphatic rings. The van der Waals surface area contributed by atoms with Crippen LogP contribution in [0.25, 0.3) is 0 Å². The van der Waals surface area contributed by atoms with Crippen molar-refractivity contribution < 1.29 is 9.53 Å². The van der Waals surface area contributed by atoms with Gasteiger partial charge in [0, 0.05) is 24.8 Å². The summed E-state index contributed by atoms with van der Waals surface area (Å²) >= 11 is 0. The summed E-state index contributed by atoms with van der Waals surface area (Å²) in [6.07, 6.45) is 4.47. The van der Waals surface area contributed by atoms with Crippen LogP contribution in [0.4, 0.5) is 10.5 Å². The number of fused-ring (bicyclic) bond motifs is 1. The Hall–Kier alpha value is -1.75.